The van der Waals surface area contributed by atoms with E-state index in [-0.39, 0.29) is 5.88 Å². The first kappa shape index (κ1) is 18.1. The Bertz CT molecular complexity index is 906. The molecule has 0 aliphatic carbocycles. The highest BCUT2D eigenvalue weighted by atomic mass is 19.4. The average molecular weight is 367 g/mol. The zero-order valence-corrected chi connectivity index (χ0v) is 14.3. The van der Waals surface area contributed by atoms with Gasteiger partial charge in [-0.05, 0) is 19.9 Å². The molecular formula is C16H16F3N5O2. The third kappa shape index (κ3) is 3.74. The average Bonchev–Trinajstić information content (AvgIpc) is 3.04. The molecule has 3 aromatic rings. The fourth-order valence-corrected chi connectivity index (χ4v) is 2.23. The number of fused-ring (bicyclic) bond motifs is 1. The minimum Gasteiger partial charge on any atom is -0.468 e. The van der Waals surface area contributed by atoms with Crippen molar-refractivity contribution >= 4 is 5.65 Å². The summed E-state index contributed by atoms with van der Waals surface area (Å²) in [5, 5.41) is 8.20. The molecule has 3 rings (SSSR count). The van der Waals surface area contributed by atoms with Gasteiger partial charge in [-0.2, -0.15) is 13.2 Å². The summed E-state index contributed by atoms with van der Waals surface area (Å²) in [5.74, 6) is 0.481. The number of methoxy groups -OCH3 is 1. The Labute approximate surface area is 146 Å². The Kier molecular flexibility index (Phi) is 4.53. The smallest absolute Gasteiger partial charge is 0.422 e. The van der Waals surface area contributed by atoms with Crippen LogP contribution in [0.1, 0.15) is 19.7 Å². The Morgan fingerprint density at radius 3 is 2.46 bits per heavy atom. The molecule has 0 radical (unpaired) electrons. The van der Waals surface area contributed by atoms with Crippen LogP contribution in [0.2, 0.25) is 0 Å². The number of halogens is 3. The second-order valence-electron chi connectivity index (χ2n) is 6.03. The van der Waals surface area contributed by atoms with E-state index in [9.17, 15) is 13.2 Å². The molecule has 0 atom stereocenters. The number of hydrogen-bond acceptors (Lipinski definition) is 6. The maximum atomic E-state index is 12.2. The zero-order valence-electron chi connectivity index (χ0n) is 14.3. The van der Waals surface area contributed by atoms with Crippen LogP contribution >= 0.6 is 0 Å². The fraction of sp³-hybridized carbons (Fsp3) is 0.375. The number of alkyl halides is 3. The van der Waals surface area contributed by atoms with Crippen molar-refractivity contribution in [1.82, 2.24) is 24.6 Å². The summed E-state index contributed by atoms with van der Waals surface area (Å²) in [6.45, 7) is 2.33. The third-order valence-corrected chi connectivity index (χ3v) is 3.76. The van der Waals surface area contributed by atoms with Gasteiger partial charge in [0.05, 0.1) is 11.9 Å². The molecule has 3 heterocycles. The largest absolute Gasteiger partial charge is 0.468 e. The molecule has 0 unspecified atom stereocenters. The molecule has 10 heteroatoms. The summed E-state index contributed by atoms with van der Waals surface area (Å²) in [4.78, 5) is 8.17. The molecule has 0 spiro atoms. The number of ether oxygens (including phenoxy) is 2. The van der Waals surface area contributed by atoms with Crippen molar-refractivity contribution in [2.45, 2.75) is 25.6 Å². The molecule has 0 saturated heterocycles. The minimum absolute atomic E-state index is 0.113. The topological polar surface area (TPSA) is 74.4 Å². The van der Waals surface area contributed by atoms with Crippen LogP contribution in [-0.4, -0.2) is 44.5 Å². The highest BCUT2D eigenvalue weighted by molar-refractivity contribution is 5.59. The SMILES string of the molecule is COC(C)(C)c1nnc2cnc(-c3ccc(OCC(F)(F)F)nc3)cn12. The maximum Gasteiger partial charge on any atom is 0.422 e. The zero-order chi connectivity index (χ0) is 18.9. The van der Waals surface area contributed by atoms with Gasteiger partial charge in [-0.3, -0.25) is 9.38 Å². The quantitative estimate of drug-likeness (QED) is 0.690. The van der Waals surface area contributed by atoms with Crippen molar-refractivity contribution in [2.24, 2.45) is 0 Å². The Hall–Kier alpha value is -2.75. The lowest BCUT2D eigenvalue weighted by Crippen LogP contribution is -2.23. The summed E-state index contributed by atoms with van der Waals surface area (Å²) in [6.07, 6.45) is 0.252. The monoisotopic (exact) mass is 367 g/mol. The standard InChI is InChI=1S/C16H16F3N5O2/c1-15(2,25-3)14-23-22-12-7-20-11(8-24(12)14)10-4-5-13(21-6-10)26-9-16(17,18)19/h4-8H,9H2,1-3H3. The molecule has 26 heavy (non-hydrogen) atoms. The second-order valence-corrected chi connectivity index (χ2v) is 6.03. The number of rotatable bonds is 5. The van der Waals surface area contributed by atoms with Crippen LogP contribution in [0.25, 0.3) is 16.9 Å². The number of nitrogens with zero attached hydrogens (tertiary/aromatic N) is 5. The van der Waals surface area contributed by atoms with E-state index in [0.29, 0.717) is 22.7 Å². The predicted octanol–water partition coefficient (Wildman–Crippen LogP) is 3.01. The van der Waals surface area contributed by atoms with Crippen molar-refractivity contribution in [3.63, 3.8) is 0 Å². The third-order valence-electron chi connectivity index (χ3n) is 3.76. The van der Waals surface area contributed by atoms with E-state index in [0.717, 1.165) is 0 Å². The molecule has 0 amide bonds. The first-order valence-corrected chi connectivity index (χ1v) is 7.62. The van der Waals surface area contributed by atoms with Crippen molar-refractivity contribution < 1.29 is 22.6 Å². The molecular weight excluding hydrogens is 351 g/mol. The fourth-order valence-electron chi connectivity index (χ4n) is 2.23. The van der Waals surface area contributed by atoms with Crippen LogP contribution in [0.4, 0.5) is 13.2 Å². The van der Waals surface area contributed by atoms with E-state index in [1.807, 2.05) is 13.8 Å². The predicted molar refractivity (Wildman–Crippen MR) is 85.6 cm³/mol. The highest BCUT2D eigenvalue weighted by Crippen LogP contribution is 2.25. The number of pyridine rings is 1. The van der Waals surface area contributed by atoms with Gasteiger partial charge >= 0.3 is 6.18 Å². The van der Waals surface area contributed by atoms with Gasteiger partial charge in [-0.1, -0.05) is 0 Å². The molecule has 0 aliphatic rings. The maximum absolute atomic E-state index is 12.2. The molecule has 0 N–H and O–H groups in total. The van der Waals surface area contributed by atoms with Gasteiger partial charge in [0.15, 0.2) is 18.1 Å². The van der Waals surface area contributed by atoms with Crippen LogP contribution in [-0.2, 0) is 10.3 Å². The lowest BCUT2D eigenvalue weighted by molar-refractivity contribution is -0.154. The van der Waals surface area contributed by atoms with Gasteiger partial charge in [-0.15, -0.1) is 10.2 Å². The summed E-state index contributed by atoms with van der Waals surface area (Å²) in [7, 11) is 1.58. The second kappa shape index (κ2) is 6.52. The van der Waals surface area contributed by atoms with Crippen molar-refractivity contribution in [3.8, 4) is 17.1 Å². The van der Waals surface area contributed by atoms with Crippen LogP contribution in [0, 0.1) is 0 Å². The summed E-state index contributed by atoms with van der Waals surface area (Å²) in [6, 6.07) is 2.94. The van der Waals surface area contributed by atoms with Gasteiger partial charge in [0.1, 0.15) is 5.60 Å². The molecule has 0 saturated carbocycles. The molecule has 0 fully saturated rings. The van der Waals surface area contributed by atoms with Gasteiger partial charge < -0.3 is 9.47 Å². The van der Waals surface area contributed by atoms with Gasteiger partial charge in [0.2, 0.25) is 5.88 Å². The first-order chi connectivity index (χ1) is 12.2. The van der Waals surface area contributed by atoms with E-state index in [1.54, 1.807) is 30.0 Å². The van der Waals surface area contributed by atoms with Gasteiger partial charge in [0, 0.05) is 31.1 Å². The lowest BCUT2D eigenvalue weighted by Gasteiger charge is -2.20. The lowest BCUT2D eigenvalue weighted by atomic mass is 10.1. The summed E-state index contributed by atoms with van der Waals surface area (Å²) in [5.41, 5.74) is 1.06. The van der Waals surface area contributed by atoms with Crippen LogP contribution in [0.3, 0.4) is 0 Å². The van der Waals surface area contributed by atoms with Gasteiger partial charge in [0.25, 0.3) is 0 Å². The van der Waals surface area contributed by atoms with E-state index < -0.39 is 18.4 Å². The summed E-state index contributed by atoms with van der Waals surface area (Å²) < 4.78 is 48.3. The van der Waals surface area contributed by atoms with Crippen molar-refractivity contribution in [2.75, 3.05) is 13.7 Å². The summed E-state index contributed by atoms with van der Waals surface area (Å²) >= 11 is 0. The van der Waals surface area contributed by atoms with E-state index >= 15 is 0 Å². The van der Waals surface area contributed by atoms with E-state index in [1.165, 1.54) is 12.3 Å². The molecule has 7 nitrogen and oxygen atoms in total. The Balaban J connectivity index is 1.89. The molecule has 138 valence electrons. The van der Waals surface area contributed by atoms with Gasteiger partial charge in [-0.25, -0.2) is 4.98 Å². The van der Waals surface area contributed by atoms with Crippen LogP contribution in [0.15, 0.2) is 30.7 Å². The Morgan fingerprint density at radius 1 is 1.08 bits per heavy atom. The molecule has 0 aliphatic heterocycles. The molecule has 0 aromatic carbocycles. The highest BCUT2D eigenvalue weighted by Gasteiger charge is 2.29. The number of hydrogen-bond donors (Lipinski definition) is 0. The molecule has 0 bridgehead atoms. The normalized spacial score (nSPS) is 12.5. The van der Waals surface area contributed by atoms with Crippen molar-refractivity contribution in [3.05, 3.63) is 36.5 Å². The number of aromatic nitrogens is 5. The van der Waals surface area contributed by atoms with Crippen LogP contribution in [0.5, 0.6) is 5.88 Å². The molecule has 3 aromatic heterocycles. The van der Waals surface area contributed by atoms with E-state index in [2.05, 4.69) is 24.9 Å². The van der Waals surface area contributed by atoms with E-state index in [4.69, 9.17) is 4.74 Å². The first-order valence-electron chi connectivity index (χ1n) is 7.62. The minimum atomic E-state index is -4.41. The van der Waals surface area contributed by atoms with Crippen LogP contribution < -0.4 is 4.74 Å². The van der Waals surface area contributed by atoms with Crippen molar-refractivity contribution in [1.29, 1.82) is 0 Å². The Morgan fingerprint density at radius 2 is 1.85 bits per heavy atom.